The zero-order valence-electron chi connectivity index (χ0n) is 13.5. The molecule has 2 aliphatic rings. The molecule has 2 aliphatic heterocycles. The van der Waals surface area contributed by atoms with Crippen LogP contribution in [0.25, 0.3) is 10.9 Å². The lowest BCUT2D eigenvalue weighted by Gasteiger charge is -2.31. The molecule has 4 rings (SSSR count). The minimum atomic E-state index is 0.755. The molecule has 1 aromatic carbocycles. The van der Waals surface area contributed by atoms with Crippen LogP contribution in [0.2, 0.25) is 5.02 Å². The van der Waals surface area contributed by atoms with Crippen LogP contribution in [-0.4, -0.2) is 36.1 Å². The monoisotopic (exact) mass is 330 g/mol. The number of benzene rings is 1. The van der Waals surface area contributed by atoms with Gasteiger partial charge < -0.3 is 9.80 Å². The molecule has 3 heterocycles. The van der Waals surface area contributed by atoms with Crippen molar-refractivity contribution in [2.24, 2.45) is 0 Å². The van der Waals surface area contributed by atoms with Gasteiger partial charge in [0.05, 0.1) is 5.52 Å². The van der Waals surface area contributed by atoms with Gasteiger partial charge in [-0.1, -0.05) is 11.6 Å². The average molecular weight is 331 g/mol. The Kier molecular flexibility index (Phi) is 4.25. The first-order chi connectivity index (χ1) is 11.3. The number of fused-ring (bicyclic) bond motifs is 1. The number of nitrogens with zero attached hydrogens (tertiary/aromatic N) is 4. The lowest BCUT2D eigenvalue weighted by atomic mass is 10.1. The molecular formula is C18H23ClN4. The molecule has 0 saturated carbocycles. The highest BCUT2D eigenvalue weighted by atomic mass is 35.5. The Labute approximate surface area is 142 Å². The normalized spacial score (nSPS) is 19.3. The molecule has 0 unspecified atom stereocenters. The van der Waals surface area contributed by atoms with Crippen molar-refractivity contribution in [1.29, 1.82) is 0 Å². The molecule has 23 heavy (non-hydrogen) atoms. The summed E-state index contributed by atoms with van der Waals surface area (Å²) < 4.78 is 0. The molecule has 122 valence electrons. The predicted molar refractivity (Wildman–Crippen MR) is 96.7 cm³/mol. The first kappa shape index (κ1) is 15.0. The molecule has 0 aliphatic carbocycles. The number of anilines is 2. The Balaban J connectivity index is 1.80. The number of piperidine rings is 2. The minimum absolute atomic E-state index is 0.755. The van der Waals surface area contributed by atoms with E-state index in [2.05, 4.69) is 9.80 Å². The third-order valence-electron chi connectivity index (χ3n) is 4.92. The maximum atomic E-state index is 6.23. The van der Waals surface area contributed by atoms with Gasteiger partial charge in [-0.05, 0) is 56.7 Å². The van der Waals surface area contributed by atoms with Crippen LogP contribution in [0.3, 0.4) is 0 Å². The Bertz CT molecular complexity index is 691. The molecule has 0 atom stereocenters. The van der Waals surface area contributed by atoms with Gasteiger partial charge in [-0.3, -0.25) is 0 Å². The van der Waals surface area contributed by atoms with Crippen molar-refractivity contribution in [3.05, 3.63) is 23.2 Å². The summed E-state index contributed by atoms with van der Waals surface area (Å²) >= 11 is 6.23. The third kappa shape index (κ3) is 3.09. The summed E-state index contributed by atoms with van der Waals surface area (Å²) in [5, 5.41) is 1.84. The van der Waals surface area contributed by atoms with Crippen LogP contribution in [0.4, 0.5) is 11.8 Å². The second kappa shape index (κ2) is 6.52. The van der Waals surface area contributed by atoms with Crippen molar-refractivity contribution in [3.8, 4) is 0 Å². The smallest absolute Gasteiger partial charge is 0.227 e. The van der Waals surface area contributed by atoms with Crippen LogP contribution in [0.5, 0.6) is 0 Å². The molecule has 0 spiro atoms. The van der Waals surface area contributed by atoms with Gasteiger partial charge >= 0.3 is 0 Å². The zero-order chi connectivity index (χ0) is 15.6. The molecule has 5 heteroatoms. The summed E-state index contributed by atoms with van der Waals surface area (Å²) in [6.45, 7) is 4.30. The SMILES string of the molecule is Clc1ccc2nc(N3CCCCC3)nc(N3CCCCC3)c2c1. The lowest BCUT2D eigenvalue weighted by Crippen LogP contribution is -2.33. The van der Waals surface area contributed by atoms with Gasteiger partial charge in [0.25, 0.3) is 0 Å². The fourth-order valence-corrected chi connectivity index (χ4v) is 3.83. The third-order valence-corrected chi connectivity index (χ3v) is 5.16. The van der Waals surface area contributed by atoms with Crippen molar-refractivity contribution in [1.82, 2.24) is 9.97 Å². The zero-order valence-corrected chi connectivity index (χ0v) is 14.2. The molecule has 0 bridgehead atoms. The van der Waals surface area contributed by atoms with Crippen LogP contribution in [-0.2, 0) is 0 Å². The lowest BCUT2D eigenvalue weighted by molar-refractivity contribution is 0.562. The number of aromatic nitrogens is 2. The predicted octanol–water partition coefficient (Wildman–Crippen LogP) is 4.26. The molecule has 2 fully saturated rings. The Morgan fingerprint density at radius 1 is 0.783 bits per heavy atom. The van der Waals surface area contributed by atoms with Gasteiger partial charge in [0, 0.05) is 36.6 Å². The van der Waals surface area contributed by atoms with Crippen molar-refractivity contribution >= 4 is 34.3 Å². The highest BCUT2D eigenvalue weighted by molar-refractivity contribution is 6.31. The second-order valence-corrected chi connectivity index (χ2v) is 7.04. The summed E-state index contributed by atoms with van der Waals surface area (Å²) in [4.78, 5) is 14.5. The van der Waals surface area contributed by atoms with Gasteiger partial charge in [-0.15, -0.1) is 0 Å². The van der Waals surface area contributed by atoms with Crippen LogP contribution >= 0.6 is 11.6 Å². The minimum Gasteiger partial charge on any atom is -0.356 e. The Hall–Kier alpha value is -1.55. The summed E-state index contributed by atoms with van der Waals surface area (Å²) in [7, 11) is 0. The van der Waals surface area contributed by atoms with Crippen LogP contribution in [0.1, 0.15) is 38.5 Å². The highest BCUT2D eigenvalue weighted by Gasteiger charge is 2.20. The van der Waals surface area contributed by atoms with Gasteiger partial charge in [0.2, 0.25) is 5.95 Å². The number of hydrogen-bond donors (Lipinski definition) is 0. The molecule has 0 N–H and O–H groups in total. The van der Waals surface area contributed by atoms with Gasteiger partial charge in [-0.25, -0.2) is 4.98 Å². The summed E-state index contributed by atoms with van der Waals surface area (Å²) in [6, 6.07) is 5.97. The van der Waals surface area contributed by atoms with E-state index in [1.54, 1.807) is 0 Å². The van der Waals surface area contributed by atoms with Crippen molar-refractivity contribution in [2.45, 2.75) is 38.5 Å². The number of halogens is 1. The molecule has 0 amide bonds. The molecule has 1 aromatic heterocycles. The summed E-state index contributed by atoms with van der Waals surface area (Å²) in [5.74, 6) is 1.96. The van der Waals surface area contributed by atoms with E-state index in [4.69, 9.17) is 21.6 Å². The van der Waals surface area contributed by atoms with E-state index in [1.807, 2.05) is 18.2 Å². The quantitative estimate of drug-likeness (QED) is 0.823. The fraction of sp³-hybridized carbons (Fsp3) is 0.556. The molecule has 2 aromatic rings. The highest BCUT2D eigenvalue weighted by Crippen LogP contribution is 2.31. The molecule has 0 radical (unpaired) electrons. The molecular weight excluding hydrogens is 308 g/mol. The second-order valence-electron chi connectivity index (χ2n) is 6.60. The molecule has 2 saturated heterocycles. The van der Waals surface area contributed by atoms with Crippen LogP contribution in [0, 0.1) is 0 Å². The van der Waals surface area contributed by atoms with E-state index in [0.717, 1.165) is 53.9 Å². The average Bonchev–Trinajstić information content (AvgIpc) is 2.62. The van der Waals surface area contributed by atoms with Crippen molar-refractivity contribution in [2.75, 3.05) is 36.0 Å². The molecule has 4 nitrogen and oxygen atoms in total. The first-order valence-corrected chi connectivity index (χ1v) is 9.16. The maximum absolute atomic E-state index is 6.23. The van der Waals surface area contributed by atoms with E-state index in [9.17, 15) is 0 Å². The van der Waals surface area contributed by atoms with Crippen molar-refractivity contribution in [3.63, 3.8) is 0 Å². The summed E-state index contributed by atoms with van der Waals surface area (Å²) in [6.07, 6.45) is 7.59. The number of hydrogen-bond acceptors (Lipinski definition) is 4. The van der Waals surface area contributed by atoms with Gasteiger partial charge in [0.1, 0.15) is 5.82 Å². The fourth-order valence-electron chi connectivity index (χ4n) is 3.65. The Morgan fingerprint density at radius 3 is 2.13 bits per heavy atom. The van der Waals surface area contributed by atoms with Crippen molar-refractivity contribution < 1.29 is 0 Å². The maximum Gasteiger partial charge on any atom is 0.227 e. The van der Waals surface area contributed by atoms with E-state index in [1.165, 1.54) is 38.5 Å². The largest absolute Gasteiger partial charge is 0.356 e. The number of rotatable bonds is 2. The first-order valence-electron chi connectivity index (χ1n) is 8.78. The van der Waals surface area contributed by atoms with E-state index in [-0.39, 0.29) is 0 Å². The Morgan fingerprint density at radius 2 is 1.43 bits per heavy atom. The summed E-state index contributed by atoms with van der Waals surface area (Å²) in [5.41, 5.74) is 1.01. The topological polar surface area (TPSA) is 32.3 Å². The van der Waals surface area contributed by atoms with E-state index in [0.29, 0.717) is 0 Å². The van der Waals surface area contributed by atoms with E-state index >= 15 is 0 Å². The van der Waals surface area contributed by atoms with Crippen LogP contribution < -0.4 is 9.80 Å². The van der Waals surface area contributed by atoms with Gasteiger partial charge in [0.15, 0.2) is 0 Å². The van der Waals surface area contributed by atoms with Gasteiger partial charge in [-0.2, -0.15) is 4.98 Å². The standard InChI is InChI=1S/C18H23ClN4/c19-14-7-8-16-15(13-14)17(22-9-3-1-4-10-22)21-18(20-16)23-11-5-2-6-12-23/h7-8,13H,1-6,9-12H2. The van der Waals surface area contributed by atoms with Crippen LogP contribution in [0.15, 0.2) is 18.2 Å². The van der Waals surface area contributed by atoms with E-state index < -0.39 is 0 Å².